The molecule has 132 valence electrons. The molecule has 1 aromatic carbocycles. The second kappa shape index (κ2) is 5.66. The van der Waals surface area contributed by atoms with E-state index in [-0.39, 0.29) is 10.8 Å². The summed E-state index contributed by atoms with van der Waals surface area (Å²) in [5, 5.41) is 16.9. The first-order chi connectivity index (χ1) is 12.6. The van der Waals surface area contributed by atoms with E-state index in [1.54, 1.807) is 41.5 Å². The van der Waals surface area contributed by atoms with Crippen LogP contribution in [-0.2, 0) is 0 Å². The number of imidazole rings is 1. The molecule has 0 radical (unpaired) electrons. The molecular weight excluding hydrogens is 357 g/mol. The number of aryl methyl sites for hydroxylation is 1. The maximum Gasteiger partial charge on any atom is 0.277 e. The minimum absolute atomic E-state index is 0.0161. The first-order valence-corrected chi connectivity index (χ1v) is 9.33. The van der Waals surface area contributed by atoms with Gasteiger partial charge in [0.25, 0.3) is 5.52 Å². The van der Waals surface area contributed by atoms with Gasteiger partial charge in [-0.25, -0.2) is 4.98 Å². The van der Waals surface area contributed by atoms with Gasteiger partial charge >= 0.3 is 0 Å². The summed E-state index contributed by atoms with van der Waals surface area (Å²) in [5.41, 5.74) is 1.75. The van der Waals surface area contributed by atoms with Crippen LogP contribution in [0.5, 0.6) is 0 Å². The van der Waals surface area contributed by atoms with Gasteiger partial charge in [0.05, 0.1) is 5.25 Å². The second-order valence-corrected chi connectivity index (χ2v) is 7.57. The van der Waals surface area contributed by atoms with Gasteiger partial charge in [-0.2, -0.15) is 14.1 Å². The molecule has 5 rings (SSSR count). The number of fused-ring (bicyclic) bond motifs is 3. The molecule has 1 atom stereocenters. The van der Waals surface area contributed by atoms with Crippen molar-refractivity contribution in [1.82, 2.24) is 19.5 Å². The number of nitrogens with zero attached hydrogens (tertiary/aromatic N) is 5. The third kappa shape index (κ3) is 2.13. The SMILES string of the molecule is Cc1c2c(-c3noc(C4CCCS4)n3)ncn2c2cccc(F)c2[n+]1[O-]. The van der Waals surface area contributed by atoms with Gasteiger partial charge in [0.2, 0.25) is 17.4 Å². The topological polar surface area (TPSA) is 83.2 Å². The van der Waals surface area contributed by atoms with Crippen molar-refractivity contribution in [2.75, 3.05) is 5.75 Å². The van der Waals surface area contributed by atoms with Crippen LogP contribution in [0, 0.1) is 17.9 Å². The number of hydrogen-bond donors (Lipinski definition) is 0. The van der Waals surface area contributed by atoms with Gasteiger partial charge in [-0.1, -0.05) is 11.2 Å². The second-order valence-electron chi connectivity index (χ2n) is 6.26. The number of benzene rings is 1. The van der Waals surface area contributed by atoms with E-state index >= 15 is 0 Å². The number of aromatic nitrogens is 5. The summed E-state index contributed by atoms with van der Waals surface area (Å²) in [4.78, 5) is 8.88. The molecule has 1 fully saturated rings. The van der Waals surface area contributed by atoms with Crippen molar-refractivity contribution in [2.24, 2.45) is 0 Å². The highest BCUT2D eigenvalue weighted by Gasteiger charge is 2.27. The van der Waals surface area contributed by atoms with E-state index in [1.807, 2.05) is 0 Å². The molecule has 0 N–H and O–H groups in total. The van der Waals surface area contributed by atoms with Crippen molar-refractivity contribution in [3.8, 4) is 11.5 Å². The molecule has 26 heavy (non-hydrogen) atoms. The van der Waals surface area contributed by atoms with Gasteiger partial charge in [-0.3, -0.25) is 4.40 Å². The lowest BCUT2D eigenvalue weighted by atomic mass is 10.2. The number of rotatable bonds is 2. The Hall–Kier alpha value is -2.68. The highest BCUT2D eigenvalue weighted by atomic mass is 32.2. The van der Waals surface area contributed by atoms with E-state index in [0.717, 1.165) is 18.6 Å². The molecule has 1 unspecified atom stereocenters. The molecule has 9 heteroatoms. The number of halogens is 1. The predicted octanol–water partition coefficient (Wildman–Crippen LogP) is 3.19. The quantitative estimate of drug-likeness (QED) is 0.397. The molecule has 3 aromatic heterocycles. The Balaban J connectivity index is 1.74. The van der Waals surface area contributed by atoms with Crippen LogP contribution in [0.2, 0.25) is 0 Å². The predicted molar refractivity (Wildman–Crippen MR) is 94.1 cm³/mol. The summed E-state index contributed by atoms with van der Waals surface area (Å²) in [6, 6.07) is 4.52. The van der Waals surface area contributed by atoms with Crippen LogP contribution in [0.3, 0.4) is 0 Å². The Morgan fingerprint density at radius 2 is 2.31 bits per heavy atom. The fourth-order valence-corrected chi connectivity index (χ4v) is 4.63. The molecule has 0 spiro atoms. The van der Waals surface area contributed by atoms with Crippen molar-refractivity contribution in [2.45, 2.75) is 25.0 Å². The highest BCUT2D eigenvalue weighted by Crippen LogP contribution is 2.39. The Labute approximate surface area is 151 Å². The third-order valence-corrected chi connectivity index (χ3v) is 6.07. The van der Waals surface area contributed by atoms with Crippen molar-refractivity contribution in [1.29, 1.82) is 0 Å². The monoisotopic (exact) mass is 371 g/mol. The fraction of sp³-hybridized carbons (Fsp3) is 0.294. The molecule has 0 aliphatic carbocycles. The van der Waals surface area contributed by atoms with Crippen LogP contribution in [0.1, 0.15) is 29.7 Å². The van der Waals surface area contributed by atoms with Crippen molar-refractivity contribution in [3.63, 3.8) is 0 Å². The largest absolute Gasteiger partial charge is 0.618 e. The van der Waals surface area contributed by atoms with E-state index in [4.69, 9.17) is 4.52 Å². The molecule has 1 saturated heterocycles. The Kier molecular flexibility index (Phi) is 3.39. The standard InChI is InChI=1S/C17H14FN5O2S/c1-9-14-13(16-20-17(25-21-16)12-6-3-7-26-12)19-8-22(14)11-5-2-4-10(18)15(11)23(9)24/h2,4-5,8,12H,3,6-7H2,1H3. The summed E-state index contributed by atoms with van der Waals surface area (Å²) in [6.45, 7) is 1.63. The molecule has 0 saturated carbocycles. The average molecular weight is 371 g/mol. The Morgan fingerprint density at radius 1 is 1.42 bits per heavy atom. The van der Waals surface area contributed by atoms with E-state index in [1.165, 1.54) is 6.07 Å². The maximum absolute atomic E-state index is 14.2. The van der Waals surface area contributed by atoms with Crippen LogP contribution in [-0.4, -0.2) is 25.3 Å². The molecule has 4 aromatic rings. The smallest absolute Gasteiger partial charge is 0.277 e. The van der Waals surface area contributed by atoms with Crippen molar-refractivity contribution < 1.29 is 13.6 Å². The van der Waals surface area contributed by atoms with Crippen LogP contribution in [0.4, 0.5) is 4.39 Å². The minimum atomic E-state index is -0.571. The molecule has 1 aliphatic rings. The van der Waals surface area contributed by atoms with Crippen LogP contribution >= 0.6 is 11.8 Å². The molecule has 7 nitrogen and oxygen atoms in total. The lowest BCUT2D eigenvalue weighted by Gasteiger charge is -2.08. The first-order valence-electron chi connectivity index (χ1n) is 8.28. The first kappa shape index (κ1) is 15.6. The zero-order valence-corrected chi connectivity index (χ0v) is 14.7. The van der Waals surface area contributed by atoms with Gasteiger partial charge in [0.1, 0.15) is 23.1 Å². The highest BCUT2D eigenvalue weighted by molar-refractivity contribution is 7.99. The fourth-order valence-electron chi connectivity index (χ4n) is 3.44. The van der Waals surface area contributed by atoms with Gasteiger partial charge in [-0.15, -0.1) is 11.8 Å². The maximum atomic E-state index is 14.2. The molecular formula is C17H14FN5O2S. The average Bonchev–Trinajstić information content (AvgIpc) is 3.38. The lowest BCUT2D eigenvalue weighted by Crippen LogP contribution is -2.33. The summed E-state index contributed by atoms with van der Waals surface area (Å²) in [7, 11) is 0. The summed E-state index contributed by atoms with van der Waals surface area (Å²) < 4.78 is 21.9. The Morgan fingerprint density at radius 3 is 3.12 bits per heavy atom. The lowest BCUT2D eigenvalue weighted by molar-refractivity contribution is -0.584. The van der Waals surface area contributed by atoms with E-state index in [9.17, 15) is 9.60 Å². The third-order valence-electron chi connectivity index (χ3n) is 4.70. The molecule has 0 bridgehead atoms. The minimum Gasteiger partial charge on any atom is -0.618 e. The van der Waals surface area contributed by atoms with Crippen LogP contribution < -0.4 is 4.73 Å². The Bertz CT molecular complexity index is 1150. The molecule has 4 heterocycles. The van der Waals surface area contributed by atoms with Crippen LogP contribution in [0.25, 0.3) is 28.1 Å². The van der Waals surface area contributed by atoms with Gasteiger partial charge < -0.3 is 9.73 Å². The van der Waals surface area contributed by atoms with E-state index < -0.39 is 5.82 Å². The zero-order chi connectivity index (χ0) is 17.8. The summed E-state index contributed by atoms with van der Waals surface area (Å²) >= 11 is 1.80. The van der Waals surface area contributed by atoms with Crippen LogP contribution in [0.15, 0.2) is 29.0 Å². The molecule has 0 amide bonds. The molecule has 1 aliphatic heterocycles. The summed E-state index contributed by atoms with van der Waals surface area (Å²) in [5.74, 6) is 1.44. The van der Waals surface area contributed by atoms with Gasteiger partial charge in [-0.05, 0) is 30.7 Å². The van der Waals surface area contributed by atoms with Gasteiger partial charge in [0, 0.05) is 6.92 Å². The summed E-state index contributed by atoms with van der Waals surface area (Å²) in [6.07, 6.45) is 3.70. The van der Waals surface area contributed by atoms with E-state index in [0.29, 0.717) is 38.9 Å². The number of hydrogen-bond acceptors (Lipinski definition) is 6. The normalized spacial score (nSPS) is 17.5. The zero-order valence-electron chi connectivity index (χ0n) is 13.8. The number of para-hydroxylation sites is 1. The van der Waals surface area contributed by atoms with Crippen molar-refractivity contribution in [3.05, 3.63) is 47.1 Å². The number of thioether (sulfide) groups is 1. The van der Waals surface area contributed by atoms with E-state index in [2.05, 4.69) is 15.1 Å². The van der Waals surface area contributed by atoms with Crippen molar-refractivity contribution >= 4 is 28.3 Å². The van der Waals surface area contributed by atoms with Gasteiger partial charge in [0.15, 0.2) is 5.82 Å².